The highest BCUT2D eigenvalue weighted by atomic mass is 19.1. The fourth-order valence-corrected chi connectivity index (χ4v) is 6.60. The van der Waals surface area contributed by atoms with Gasteiger partial charge in [-0.15, -0.1) is 0 Å². The van der Waals surface area contributed by atoms with Crippen molar-refractivity contribution in [1.29, 1.82) is 0 Å². The molecule has 0 saturated carbocycles. The van der Waals surface area contributed by atoms with Gasteiger partial charge in [-0.25, -0.2) is 4.39 Å². The minimum atomic E-state index is -0.256. The second-order valence-electron chi connectivity index (χ2n) is 11.0. The minimum absolute atomic E-state index is 0.0166. The molecule has 7 heteroatoms. The number of nitrogens with one attached hydrogen (secondary N) is 1. The molecule has 3 heterocycles. The Balaban J connectivity index is 1.43. The summed E-state index contributed by atoms with van der Waals surface area (Å²) in [6.07, 6.45) is 4.65. The molecular weight excluding hydrogens is 467 g/mol. The van der Waals surface area contributed by atoms with Crippen LogP contribution < -0.4 is 15.1 Å². The quantitative estimate of drug-likeness (QED) is 0.537. The van der Waals surface area contributed by atoms with Crippen LogP contribution >= 0.6 is 0 Å². The summed E-state index contributed by atoms with van der Waals surface area (Å²) < 4.78 is 21.0. The molecule has 0 spiro atoms. The Labute approximate surface area is 217 Å². The molecule has 194 valence electrons. The van der Waals surface area contributed by atoms with Gasteiger partial charge < -0.3 is 19.9 Å². The third-order valence-electron chi connectivity index (χ3n) is 8.13. The maximum atomic E-state index is 15.4. The van der Waals surface area contributed by atoms with Crippen molar-refractivity contribution in [3.05, 3.63) is 65.1 Å². The van der Waals surface area contributed by atoms with E-state index in [0.29, 0.717) is 54.9 Å². The number of pyridine rings is 1. The van der Waals surface area contributed by atoms with Crippen molar-refractivity contribution >= 4 is 28.2 Å². The molecule has 3 aromatic rings. The van der Waals surface area contributed by atoms with Gasteiger partial charge in [-0.2, -0.15) is 0 Å². The molecule has 1 N–H and O–H groups in total. The second kappa shape index (κ2) is 9.93. The van der Waals surface area contributed by atoms with Crippen molar-refractivity contribution in [2.24, 2.45) is 11.8 Å². The normalized spacial score (nSPS) is 23.8. The topological polar surface area (TPSA) is 57.7 Å². The first kappa shape index (κ1) is 24.2. The number of carbonyl (C=O) groups is 1. The molecular formula is C30H35FN4O2. The molecule has 1 aliphatic carbocycles. The standard InChI is InChI=1S/C30H35FN4O2/c1-19-15-20(2)18-35(17-19)29-25(31)9-8-23-27(29)32-16-24(28(23)34-11-13-37-14-12-34)30(36)33-26-10-7-21-5-3-4-6-22(21)26/h3-6,8-9,16,19-20,26H,7,10-15,17-18H2,1-2H3,(H,33,36)/t19?,20?,26-/m0/s1. The Kier molecular flexibility index (Phi) is 6.49. The molecule has 0 radical (unpaired) electrons. The van der Waals surface area contributed by atoms with Gasteiger partial charge in [0.25, 0.3) is 5.91 Å². The number of piperidine rings is 1. The van der Waals surface area contributed by atoms with E-state index in [9.17, 15) is 4.79 Å². The molecule has 37 heavy (non-hydrogen) atoms. The number of nitrogens with zero attached hydrogens (tertiary/aromatic N) is 3. The van der Waals surface area contributed by atoms with Crippen LogP contribution in [0.1, 0.15) is 54.2 Å². The van der Waals surface area contributed by atoms with Crippen LogP contribution in [-0.2, 0) is 11.2 Å². The van der Waals surface area contributed by atoms with Crippen LogP contribution in [0.2, 0.25) is 0 Å². The molecule has 2 aromatic carbocycles. The van der Waals surface area contributed by atoms with E-state index < -0.39 is 0 Å². The Morgan fingerprint density at radius 3 is 2.57 bits per heavy atom. The lowest BCUT2D eigenvalue weighted by atomic mass is 9.91. The number of rotatable bonds is 4. The molecule has 0 bridgehead atoms. The zero-order valence-corrected chi connectivity index (χ0v) is 21.7. The maximum absolute atomic E-state index is 15.4. The highest BCUT2D eigenvalue weighted by Gasteiger charge is 2.30. The average molecular weight is 503 g/mol. The number of morpholine rings is 1. The number of halogens is 1. The van der Waals surface area contributed by atoms with E-state index in [1.165, 1.54) is 11.1 Å². The highest BCUT2D eigenvalue weighted by molar-refractivity contribution is 6.10. The molecule has 1 amide bonds. The van der Waals surface area contributed by atoms with E-state index in [1.807, 2.05) is 12.1 Å². The third-order valence-corrected chi connectivity index (χ3v) is 8.13. The zero-order valence-electron chi connectivity index (χ0n) is 21.7. The van der Waals surface area contributed by atoms with E-state index in [-0.39, 0.29) is 17.8 Å². The van der Waals surface area contributed by atoms with Gasteiger partial charge in [-0.1, -0.05) is 38.1 Å². The second-order valence-corrected chi connectivity index (χ2v) is 11.0. The van der Waals surface area contributed by atoms with Gasteiger partial charge in [-0.3, -0.25) is 9.78 Å². The van der Waals surface area contributed by atoms with Crippen molar-refractivity contribution < 1.29 is 13.9 Å². The zero-order chi connectivity index (χ0) is 25.5. The number of aromatic nitrogens is 1. The van der Waals surface area contributed by atoms with Crippen molar-refractivity contribution in [3.63, 3.8) is 0 Å². The number of hydrogen-bond acceptors (Lipinski definition) is 5. The number of anilines is 2. The van der Waals surface area contributed by atoms with Gasteiger partial charge in [0, 0.05) is 37.8 Å². The van der Waals surface area contributed by atoms with Crippen LogP contribution in [-0.4, -0.2) is 50.3 Å². The first-order valence-corrected chi connectivity index (χ1v) is 13.6. The van der Waals surface area contributed by atoms with Crippen molar-refractivity contribution in [3.8, 4) is 0 Å². The van der Waals surface area contributed by atoms with Gasteiger partial charge in [0.05, 0.1) is 41.7 Å². The predicted molar refractivity (Wildman–Crippen MR) is 145 cm³/mol. The van der Waals surface area contributed by atoms with E-state index >= 15 is 4.39 Å². The monoisotopic (exact) mass is 502 g/mol. The largest absolute Gasteiger partial charge is 0.378 e. The highest BCUT2D eigenvalue weighted by Crippen LogP contribution is 2.39. The van der Waals surface area contributed by atoms with E-state index in [2.05, 4.69) is 41.1 Å². The summed E-state index contributed by atoms with van der Waals surface area (Å²) in [6.45, 7) is 8.60. The number of hydrogen-bond donors (Lipinski definition) is 1. The van der Waals surface area contributed by atoms with Crippen LogP contribution in [0.25, 0.3) is 10.9 Å². The summed E-state index contributed by atoms with van der Waals surface area (Å²) in [5.41, 5.74) is 5.04. The van der Waals surface area contributed by atoms with Gasteiger partial charge in [-0.05, 0) is 54.4 Å². The summed E-state index contributed by atoms with van der Waals surface area (Å²) in [7, 11) is 0. The fraction of sp³-hybridized carbons (Fsp3) is 0.467. The molecule has 1 aromatic heterocycles. The first-order chi connectivity index (χ1) is 18.0. The Bertz CT molecular complexity index is 1310. The van der Waals surface area contributed by atoms with Crippen LogP contribution in [0, 0.1) is 17.7 Å². The van der Waals surface area contributed by atoms with Crippen molar-refractivity contribution in [2.45, 2.75) is 39.2 Å². The summed E-state index contributed by atoms with van der Waals surface area (Å²) in [5.74, 6) is 0.575. The van der Waals surface area contributed by atoms with Gasteiger partial charge >= 0.3 is 0 Å². The van der Waals surface area contributed by atoms with Crippen LogP contribution in [0.3, 0.4) is 0 Å². The predicted octanol–water partition coefficient (Wildman–Crippen LogP) is 5.11. The molecule has 6 nitrogen and oxygen atoms in total. The summed E-state index contributed by atoms with van der Waals surface area (Å²) in [6, 6.07) is 11.6. The van der Waals surface area contributed by atoms with Crippen LogP contribution in [0.5, 0.6) is 0 Å². The van der Waals surface area contributed by atoms with Gasteiger partial charge in [0.2, 0.25) is 0 Å². The number of benzene rings is 2. The van der Waals surface area contributed by atoms with E-state index in [0.717, 1.165) is 43.4 Å². The number of carbonyl (C=O) groups excluding carboxylic acids is 1. The average Bonchev–Trinajstić information content (AvgIpc) is 3.30. The molecule has 6 rings (SSSR count). The molecule has 2 aliphatic heterocycles. The summed E-state index contributed by atoms with van der Waals surface area (Å²) >= 11 is 0. The molecule has 2 fully saturated rings. The number of fused-ring (bicyclic) bond motifs is 2. The Morgan fingerprint density at radius 1 is 1.03 bits per heavy atom. The smallest absolute Gasteiger partial charge is 0.255 e. The Hall–Kier alpha value is -3.19. The lowest BCUT2D eigenvalue weighted by molar-refractivity contribution is 0.0935. The summed E-state index contributed by atoms with van der Waals surface area (Å²) in [5, 5.41) is 4.10. The molecule has 2 saturated heterocycles. The van der Waals surface area contributed by atoms with E-state index in [1.54, 1.807) is 18.3 Å². The molecule has 3 aliphatic rings. The fourth-order valence-electron chi connectivity index (χ4n) is 6.60. The lowest BCUT2D eigenvalue weighted by Crippen LogP contribution is -2.40. The molecule has 2 unspecified atom stereocenters. The van der Waals surface area contributed by atoms with E-state index in [4.69, 9.17) is 9.72 Å². The molecule has 3 atom stereocenters. The van der Waals surface area contributed by atoms with Crippen LogP contribution in [0.15, 0.2) is 42.6 Å². The van der Waals surface area contributed by atoms with Gasteiger partial charge in [0.1, 0.15) is 5.82 Å². The number of aryl methyl sites for hydroxylation is 1. The Morgan fingerprint density at radius 2 is 1.78 bits per heavy atom. The van der Waals surface area contributed by atoms with Crippen LogP contribution in [0.4, 0.5) is 15.8 Å². The first-order valence-electron chi connectivity index (χ1n) is 13.6. The summed E-state index contributed by atoms with van der Waals surface area (Å²) in [4.78, 5) is 22.9. The number of ether oxygens (including phenoxy) is 1. The SMILES string of the molecule is CC1CC(C)CN(c2c(F)ccc3c(N4CCOCC4)c(C(=O)N[C@H]4CCc5ccccc54)cnc23)C1. The minimum Gasteiger partial charge on any atom is -0.378 e. The maximum Gasteiger partial charge on any atom is 0.255 e. The van der Waals surface area contributed by atoms with Crippen molar-refractivity contribution in [1.82, 2.24) is 10.3 Å². The lowest BCUT2D eigenvalue weighted by Gasteiger charge is -2.37. The third kappa shape index (κ3) is 4.54. The number of amides is 1. The van der Waals surface area contributed by atoms with Crippen molar-refractivity contribution in [2.75, 3.05) is 49.2 Å². The van der Waals surface area contributed by atoms with Gasteiger partial charge in [0.15, 0.2) is 0 Å².